The minimum Gasteiger partial charge on any atom is -0.443 e. The third kappa shape index (κ3) is 2.89. The molecule has 0 fully saturated rings. The summed E-state index contributed by atoms with van der Waals surface area (Å²) >= 11 is 0. The number of oxazole rings is 1. The molecule has 0 radical (unpaired) electrons. The predicted octanol–water partition coefficient (Wildman–Crippen LogP) is 0.981. The SMILES string of the molecule is Cc1cnc(C(O)C(N)Cc2cccnc2)o1. The van der Waals surface area contributed by atoms with Gasteiger partial charge in [-0.05, 0) is 25.0 Å². The smallest absolute Gasteiger partial charge is 0.224 e. The number of aliphatic hydroxyl groups excluding tert-OH is 1. The van der Waals surface area contributed by atoms with Gasteiger partial charge in [0.1, 0.15) is 11.9 Å². The molecule has 17 heavy (non-hydrogen) atoms. The monoisotopic (exact) mass is 233 g/mol. The first-order valence-electron chi connectivity index (χ1n) is 5.41. The average Bonchev–Trinajstić information content (AvgIpc) is 2.76. The molecule has 3 N–H and O–H groups in total. The molecule has 5 heteroatoms. The molecule has 0 aliphatic rings. The Morgan fingerprint density at radius 2 is 2.29 bits per heavy atom. The molecule has 2 aromatic rings. The van der Waals surface area contributed by atoms with Gasteiger partial charge in [-0.1, -0.05) is 6.07 Å². The lowest BCUT2D eigenvalue weighted by Gasteiger charge is -2.15. The normalized spacial score (nSPS) is 14.5. The van der Waals surface area contributed by atoms with Crippen LogP contribution in [-0.2, 0) is 6.42 Å². The zero-order valence-corrected chi connectivity index (χ0v) is 9.58. The summed E-state index contributed by atoms with van der Waals surface area (Å²) in [5, 5.41) is 9.96. The lowest BCUT2D eigenvalue weighted by molar-refractivity contribution is 0.114. The molecule has 0 saturated heterocycles. The molecule has 5 nitrogen and oxygen atoms in total. The van der Waals surface area contributed by atoms with Crippen molar-refractivity contribution in [2.24, 2.45) is 5.73 Å². The molecular weight excluding hydrogens is 218 g/mol. The topological polar surface area (TPSA) is 85.2 Å². The highest BCUT2D eigenvalue weighted by atomic mass is 16.4. The molecule has 2 aromatic heterocycles. The number of rotatable bonds is 4. The Balaban J connectivity index is 2.03. The van der Waals surface area contributed by atoms with Gasteiger partial charge in [-0.15, -0.1) is 0 Å². The highest BCUT2D eigenvalue weighted by molar-refractivity contribution is 5.11. The second-order valence-corrected chi connectivity index (χ2v) is 3.98. The van der Waals surface area contributed by atoms with Crippen LogP contribution in [0.1, 0.15) is 23.3 Å². The maximum absolute atomic E-state index is 9.96. The summed E-state index contributed by atoms with van der Waals surface area (Å²) in [7, 11) is 0. The quantitative estimate of drug-likeness (QED) is 0.822. The van der Waals surface area contributed by atoms with Gasteiger partial charge < -0.3 is 15.3 Å². The van der Waals surface area contributed by atoms with Crippen LogP contribution in [0, 0.1) is 6.92 Å². The number of hydrogen-bond donors (Lipinski definition) is 2. The largest absolute Gasteiger partial charge is 0.443 e. The molecule has 2 rings (SSSR count). The van der Waals surface area contributed by atoms with E-state index in [1.165, 1.54) is 0 Å². The third-order valence-corrected chi connectivity index (χ3v) is 2.49. The van der Waals surface area contributed by atoms with E-state index in [1.807, 2.05) is 12.1 Å². The lowest BCUT2D eigenvalue weighted by Crippen LogP contribution is -2.30. The van der Waals surface area contributed by atoms with Gasteiger partial charge in [-0.2, -0.15) is 0 Å². The Kier molecular flexibility index (Phi) is 3.51. The Bertz CT molecular complexity index is 470. The van der Waals surface area contributed by atoms with Gasteiger partial charge in [0.2, 0.25) is 5.89 Å². The van der Waals surface area contributed by atoms with Crippen molar-refractivity contribution >= 4 is 0 Å². The molecule has 0 aromatic carbocycles. The maximum Gasteiger partial charge on any atom is 0.224 e. The Morgan fingerprint density at radius 1 is 1.47 bits per heavy atom. The van der Waals surface area contributed by atoms with Crippen LogP contribution >= 0.6 is 0 Å². The van der Waals surface area contributed by atoms with Crippen molar-refractivity contribution in [1.82, 2.24) is 9.97 Å². The van der Waals surface area contributed by atoms with Crippen LogP contribution in [0.2, 0.25) is 0 Å². The van der Waals surface area contributed by atoms with Crippen LogP contribution < -0.4 is 5.73 Å². The van der Waals surface area contributed by atoms with Gasteiger partial charge >= 0.3 is 0 Å². The van der Waals surface area contributed by atoms with Gasteiger partial charge in [-0.3, -0.25) is 4.98 Å². The number of nitrogens with zero attached hydrogens (tertiary/aromatic N) is 2. The van der Waals surface area contributed by atoms with Gasteiger partial charge in [0, 0.05) is 18.4 Å². The van der Waals surface area contributed by atoms with E-state index in [9.17, 15) is 5.11 Å². The van der Waals surface area contributed by atoms with Crippen LogP contribution in [-0.4, -0.2) is 21.1 Å². The highest BCUT2D eigenvalue weighted by Gasteiger charge is 2.21. The molecule has 2 unspecified atom stereocenters. The first-order valence-corrected chi connectivity index (χ1v) is 5.41. The fraction of sp³-hybridized carbons (Fsp3) is 0.333. The summed E-state index contributed by atoms with van der Waals surface area (Å²) in [6, 6.07) is 3.29. The van der Waals surface area contributed by atoms with Gasteiger partial charge in [0.25, 0.3) is 0 Å². The third-order valence-electron chi connectivity index (χ3n) is 2.49. The van der Waals surface area contributed by atoms with Crippen LogP contribution in [0.5, 0.6) is 0 Å². The van der Waals surface area contributed by atoms with Crippen molar-refractivity contribution in [2.75, 3.05) is 0 Å². The number of hydrogen-bond acceptors (Lipinski definition) is 5. The Hall–Kier alpha value is -1.72. The summed E-state index contributed by atoms with van der Waals surface area (Å²) < 4.78 is 5.25. The zero-order chi connectivity index (χ0) is 12.3. The first-order chi connectivity index (χ1) is 8.16. The van der Waals surface area contributed by atoms with E-state index in [1.54, 1.807) is 25.5 Å². The van der Waals surface area contributed by atoms with E-state index in [2.05, 4.69) is 9.97 Å². The van der Waals surface area contributed by atoms with Gasteiger partial charge in [0.15, 0.2) is 0 Å². The number of aromatic nitrogens is 2. The van der Waals surface area contributed by atoms with Crippen LogP contribution in [0.3, 0.4) is 0 Å². The summed E-state index contributed by atoms with van der Waals surface area (Å²) in [5.41, 5.74) is 6.89. The number of pyridine rings is 1. The van der Waals surface area contributed by atoms with Crippen LogP contribution in [0.25, 0.3) is 0 Å². The van der Waals surface area contributed by atoms with Crippen molar-refractivity contribution in [2.45, 2.75) is 25.5 Å². The van der Waals surface area contributed by atoms with E-state index >= 15 is 0 Å². The van der Waals surface area contributed by atoms with Crippen LogP contribution in [0.4, 0.5) is 0 Å². The van der Waals surface area contributed by atoms with Crippen molar-refractivity contribution in [1.29, 1.82) is 0 Å². The van der Waals surface area contributed by atoms with Crippen molar-refractivity contribution in [3.05, 3.63) is 47.9 Å². The molecule has 0 amide bonds. The van der Waals surface area contributed by atoms with Gasteiger partial charge in [-0.25, -0.2) is 4.98 Å². The molecule has 0 saturated carbocycles. The highest BCUT2D eigenvalue weighted by Crippen LogP contribution is 2.17. The van der Waals surface area contributed by atoms with E-state index in [0.717, 1.165) is 5.56 Å². The summed E-state index contributed by atoms with van der Waals surface area (Å²) in [6.45, 7) is 1.77. The minimum atomic E-state index is -0.899. The van der Waals surface area contributed by atoms with E-state index in [-0.39, 0.29) is 5.89 Å². The molecule has 2 heterocycles. The fourth-order valence-corrected chi connectivity index (χ4v) is 1.59. The molecular formula is C12H15N3O2. The second kappa shape index (κ2) is 5.07. The first kappa shape index (κ1) is 11.8. The zero-order valence-electron chi connectivity index (χ0n) is 9.58. The minimum absolute atomic E-state index is 0.263. The predicted molar refractivity (Wildman–Crippen MR) is 62.1 cm³/mol. The van der Waals surface area contributed by atoms with Gasteiger partial charge in [0.05, 0.1) is 6.20 Å². The lowest BCUT2D eigenvalue weighted by atomic mass is 10.0. The van der Waals surface area contributed by atoms with Crippen LogP contribution in [0.15, 0.2) is 35.1 Å². The molecule has 2 atom stereocenters. The standard InChI is InChI=1S/C12H15N3O2/c1-8-6-15-12(17-8)11(16)10(13)5-9-3-2-4-14-7-9/h2-4,6-7,10-11,16H,5,13H2,1H3. The van der Waals surface area contributed by atoms with E-state index in [0.29, 0.717) is 12.2 Å². The summed E-state index contributed by atoms with van der Waals surface area (Å²) in [5.74, 6) is 0.923. The molecule has 0 aliphatic carbocycles. The van der Waals surface area contributed by atoms with E-state index < -0.39 is 12.1 Å². The number of aliphatic hydroxyl groups is 1. The molecule has 0 spiro atoms. The van der Waals surface area contributed by atoms with Crippen molar-refractivity contribution in [3.63, 3.8) is 0 Å². The number of nitrogens with two attached hydrogens (primary N) is 1. The molecule has 0 aliphatic heterocycles. The average molecular weight is 233 g/mol. The second-order valence-electron chi connectivity index (χ2n) is 3.98. The molecule has 90 valence electrons. The fourth-order valence-electron chi connectivity index (χ4n) is 1.59. The summed E-state index contributed by atoms with van der Waals surface area (Å²) in [4.78, 5) is 7.96. The summed E-state index contributed by atoms with van der Waals surface area (Å²) in [6.07, 6.45) is 4.62. The maximum atomic E-state index is 9.96. The molecule has 0 bridgehead atoms. The van der Waals surface area contributed by atoms with Crippen molar-refractivity contribution < 1.29 is 9.52 Å². The number of aryl methyl sites for hydroxylation is 1. The Labute approximate surface area is 99.3 Å². The van der Waals surface area contributed by atoms with Crippen molar-refractivity contribution in [3.8, 4) is 0 Å². The Morgan fingerprint density at radius 3 is 2.88 bits per heavy atom. The van der Waals surface area contributed by atoms with E-state index in [4.69, 9.17) is 10.2 Å².